The van der Waals surface area contributed by atoms with E-state index in [0.717, 1.165) is 29.9 Å². The first-order chi connectivity index (χ1) is 15.5. The first-order valence-corrected chi connectivity index (χ1v) is 11.8. The summed E-state index contributed by atoms with van der Waals surface area (Å²) in [6, 6.07) is 12.0. The summed E-state index contributed by atoms with van der Waals surface area (Å²) >= 11 is 6.51. The van der Waals surface area contributed by atoms with Crippen LogP contribution < -0.4 is 20.1 Å². The number of aryl methyl sites for hydroxylation is 1. The number of carbonyl (C=O) groups excluding carboxylic acids is 1. The Bertz CT molecular complexity index is 889. The molecule has 0 spiro atoms. The molecule has 1 fully saturated rings. The second-order valence-corrected chi connectivity index (χ2v) is 8.50. The molecule has 1 saturated heterocycles. The van der Waals surface area contributed by atoms with Gasteiger partial charge in [-0.1, -0.05) is 36.2 Å². The lowest BCUT2D eigenvalue weighted by atomic mass is 10.1. The van der Waals surface area contributed by atoms with Crippen LogP contribution in [0.5, 0.6) is 11.5 Å². The van der Waals surface area contributed by atoms with E-state index in [2.05, 4.69) is 22.5 Å². The number of carbonyl (C=O) groups is 1. The van der Waals surface area contributed by atoms with Crippen LogP contribution >= 0.6 is 11.6 Å². The fraction of sp³-hybridized carbons (Fsp3) is 0.480. The minimum absolute atomic E-state index is 0.153. The maximum absolute atomic E-state index is 12.3. The number of nitrogens with one attached hydrogen (secondary N) is 2. The molecule has 174 valence electrons. The summed E-state index contributed by atoms with van der Waals surface area (Å²) in [7, 11) is 0. The topological polar surface area (TPSA) is 62.8 Å². The molecular weight excluding hydrogens is 426 g/mol. The summed E-state index contributed by atoms with van der Waals surface area (Å²) in [5, 5.41) is 6.80. The molecular formula is C25H34ClN3O3. The first kappa shape index (κ1) is 24.4. The number of benzene rings is 2. The zero-order valence-corrected chi connectivity index (χ0v) is 20.0. The van der Waals surface area contributed by atoms with Gasteiger partial charge in [0.2, 0.25) is 0 Å². The molecule has 1 aliphatic heterocycles. The van der Waals surface area contributed by atoms with Crippen molar-refractivity contribution in [1.29, 1.82) is 0 Å². The van der Waals surface area contributed by atoms with Crippen LogP contribution in [0.2, 0.25) is 5.02 Å². The van der Waals surface area contributed by atoms with E-state index in [1.807, 2.05) is 50.2 Å². The quantitative estimate of drug-likeness (QED) is 0.512. The predicted octanol–water partition coefficient (Wildman–Crippen LogP) is 4.64. The van der Waals surface area contributed by atoms with E-state index in [0.29, 0.717) is 35.7 Å². The molecule has 2 aromatic carbocycles. The van der Waals surface area contributed by atoms with Crippen LogP contribution in [-0.2, 0) is 11.3 Å². The highest BCUT2D eigenvalue weighted by atomic mass is 35.5. The molecule has 1 amide bonds. The largest absolute Gasteiger partial charge is 0.490 e. The van der Waals surface area contributed by atoms with Crippen molar-refractivity contribution in [1.82, 2.24) is 10.2 Å². The summed E-state index contributed by atoms with van der Waals surface area (Å²) in [5.41, 5.74) is 2.88. The predicted molar refractivity (Wildman–Crippen MR) is 130 cm³/mol. The summed E-state index contributed by atoms with van der Waals surface area (Å²) in [4.78, 5) is 14.8. The van der Waals surface area contributed by atoms with Crippen LogP contribution in [0.4, 0.5) is 5.69 Å². The monoisotopic (exact) mass is 459 g/mol. The van der Waals surface area contributed by atoms with Crippen molar-refractivity contribution in [3.05, 3.63) is 52.5 Å². The number of likely N-dealkylation sites (tertiary alicyclic amines) is 1. The van der Waals surface area contributed by atoms with Crippen molar-refractivity contribution in [3.63, 3.8) is 0 Å². The molecule has 6 nitrogen and oxygen atoms in total. The number of hydrogen-bond acceptors (Lipinski definition) is 5. The minimum Gasteiger partial charge on any atom is -0.490 e. The van der Waals surface area contributed by atoms with Crippen LogP contribution in [0, 0.1) is 6.92 Å². The molecule has 2 N–H and O–H groups in total. The normalized spacial score (nSPS) is 16.2. The van der Waals surface area contributed by atoms with Gasteiger partial charge in [0.05, 0.1) is 11.6 Å². The van der Waals surface area contributed by atoms with Crippen LogP contribution in [0.3, 0.4) is 0 Å². The van der Waals surface area contributed by atoms with Gasteiger partial charge in [-0.15, -0.1) is 0 Å². The van der Waals surface area contributed by atoms with E-state index in [1.165, 1.54) is 19.4 Å². The molecule has 1 atom stereocenters. The Kier molecular flexibility index (Phi) is 9.21. The molecule has 3 rings (SSSR count). The maximum atomic E-state index is 12.3. The number of nitrogens with zero attached hydrogens (tertiary/aromatic N) is 1. The smallest absolute Gasteiger partial charge is 0.262 e. The lowest BCUT2D eigenvalue weighted by Gasteiger charge is -2.23. The van der Waals surface area contributed by atoms with Gasteiger partial charge in [0.25, 0.3) is 5.91 Å². The summed E-state index contributed by atoms with van der Waals surface area (Å²) in [6.07, 6.45) is 2.51. The highest BCUT2D eigenvalue weighted by Crippen LogP contribution is 2.36. The average Bonchev–Trinajstić information content (AvgIpc) is 3.22. The van der Waals surface area contributed by atoms with Crippen LogP contribution in [0.25, 0.3) is 0 Å². The SMILES string of the molecule is CCOc1cc(CNCC2CCCN2CC)cc(Cl)c1OCC(=O)Nc1ccc(C)cc1. The number of ether oxygens (including phenoxy) is 2. The number of amides is 1. The molecule has 1 aliphatic rings. The summed E-state index contributed by atoms with van der Waals surface area (Å²) < 4.78 is 11.5. The van der Waals surface area contributed by atoms with Crippen molar-refractivity contribution in [2.75, 3.05) is 38.2 Å². The van der Waals surface area contributed by atoms with Gasteiger partial charge in [-0.3, -0.25) is 9.69 Å². The van der Waals surface area contributed by atoms with E-state index in [1.54, 1.807) is 0 Å². The van der Waals surface area contributed by atoms with Crippen molar-refractivity contribution < 1.29 is 14.3 Å². The van der Waals surface area contributed by atoms with Gasteiger partial charge in [0, 0.05) is 24.8 Å². The Morgan fingerprint density at radius 3 is 2.69 bits per heavy atom. The number of anilines is 1. The van der Waals surface area contributed by atoms with Crippen molar-refractivity contribution >= 4 is 23.2 Å². The minimum atomic E-state index is -0.254. The third-order valence-corrected chi connectivity index (χ3v) is 5.95. The standard InChI is InChI=1S/C25H34ClN3O3/c1-4-29-12-6-7-21(29)16-27-15-19-13-22(26)25(23(14-19)31-5-2)32-17-24(30)28-20-10-8-18(3)9-11-20/h8-11,13-14,21,27H,4-7,12,15-17H2,1-3H3,(H,28,30). The molecule has 0 saturated carbocycles. The van der Waals surface area contributed by atoms with Crippen LogP contribution in [0.1, 0.15) is 37.8 Å². The lowest BCUT2D eigenvalue weighted by molar-refractivity contribution is -0.118. The van der Waals surface area contributed by atoms with Crippen LogP contribution in [0.15, 0.2) is 36.4 Å². The molecule has 1 heterocycles. The number of likely N-dealkylation sites (N-methyl/N-ethyl adjacent to an activating group) is 1. The third kappa shape index (κ3) is 6.86. The third-order valence-electron chi connectivity index (χ3n) is 5.67. The Morgan fingerprint density at radius 2 is 1.97 bits per heavy atom. The number of rotatable bonds is 11. The Morgan fingerprint density at radius 1 is 1.19 bits per heavy atom. The molecule has 7 heteroatoms. The molecule has 0 radical (unpaired) electrons. The van der Waals surface area contributed by atoms with E-state index in [4.69, 9.17) is 21.1 Å². The number of halogens is 1. The molecule has 0 aliphatic carbocycles. The van der Waals surface area contributed by atoms with Crippen molar-refractivity contribution in [2.45, 2.75) is 46.2 Å². The summed E-state index contributed by atoms with van der Waals surface area (Å²) in [5.74, 6) is 0.690. The Labute approximate surface area is 196 Å². The highest BCUT2D eigenvalue weighted by molar-refractivity contribution is 6.32. The first-order valence-electron chi connectivity index (χ1n) is 11.4. The molecule has 0 bridgehead atoms. The fourth-order valence-corrected chi connectivity index (χ4v) is 4.31. The maximum Gasteiger partial charge on any atom is 0.262 e. The lowest BCUT2D eigenvalue weighted by Crippen LogP contribution is -2.37. The second kappa shape index (κ2) is 12.1. The van der Waals surface area contributed by atoms with Gasteiger partial charge in [-0.25, -0.2) is 0 Å². The van der Waals surface area contributed by atoms with Crippen molar-refractivity contribution in [2.24, 2.45) is 0 Å². The van der Waals surface area contributed by atoms with Crippen LogP contribution in [-0.4, -0.2) is 49.7 Å². The van der Waals surface area contributed by atoms with Gasteiger partial charge < -0.3 is 20.1 Å². The van der Waals surface area contributed by atoms with E-state index < -0.39 is 0 Å². The zero-order chi connectivity index (χ0) is 22.9. The van der Waals surface area contributed by atoms with Crippen molar-refractivity contribution in [3.8, 4) is 11.5 Å². The zero-order valence-electron chi connectivity index (χ0n) is 19.2. The fourth-order valence-electron chi connectivity index (χ4n) is 4.02. The highest BCUT2D eigenvalue weighted by Gasteiger charge is 2.22. The van der Waals surface area contributed by atoms with Gasteiger partial charge in [-0.2, -0.15) is 0 Å². The number of hydrogen-bond donors (Lipinski definition) is 2. The van der Waals surface area contributed by atoms with E-state index in [9.17, 15) is 4.79 Å². The van der Waals surface area contributed by atoms with Gasteiger partial charge in [0.1, 0.15) is 0 Å². The summed E-state index contributed by atoms with van der Waals surface area (Å²) in [6.45, 7) is 10.4. The second-order valence-electron chi connectivity index (χ2n) is 8.10. The molecule has 0 aromatic heterocycles. The molecule has 2 aromatic rings. The van der Waals surface area contributed by atoms with E-state index >= 15 is 0 Å². The average molecular weight is 460 g/mol. The van der Waals surface area contributed by atoms with E-state index in [-0.39, 0.29) is 12.5 Å². The van der Waals surface area contributed by atoms with Gasteiger partial charge in [0.15, 0.2) is 18.1 Å². The van der Waals surface area contributed by atoms with Gasteiger partial charge >= 0.3 is 0 Å². The Hall–Kier alpha value is -2.28. The Balaban J connectivity index is 1.58. The van der Waals surface area contributed by atoms with Gasteiger partial charge in [-0.05, 0) is 69.6 Å². The molecule has 1 unspecified atom stereocenters. The molecule has 32 heavy (non-hydrogen) atoms.